The number of benzene rings is 1. The summed E-state index contributed by atoms with van der Waals surface area (Å²) in [5, 5.41) is 4.18. The van der Waals surface area contributed by atoms with Crippen LogP contribution in [0, 0.1) is 19.7 Å². The van der Waals surface area contributed by atoms with Gasteiger partial charge < -0.3 is 0 Å². The van der Waals surface area contributed by atoms with Gasteiger partial charge in [0.25, 0.3) is 0 Å². The monoisotopic (exact) mass is 246 g/mol. The van der Waals surface area contributed by atoms with Crippen molar-refractivity contribution in [1.82, 2.24) is 9.78 Å². The van der Waals surface area contributed by atoms with E-state index in [2.05, 4.69) is 5.10 Å². The van der Waals surface area contributed by atoms with Gasteiger partial charge in [0.15, 0.2) is 5.78 Å². The number of ketones is 1. The molecule has 94 valence electrons. The fourth-order valence-corrected chi connectivity index (χ4v) is 1.86. The highest BCUT2D eigenvalue weighted by molar-refractivity contribution is 5.97. The molecular weight excluding hydrogens is 231 g/mol. The molecule has 0 aliphatic rings. The lowest BCUT2D eigenvalue weighted by atomic mass is 10.0. The molecule has 1 heterocycles. The standard InChI is InChI=1S/C14H15FN2O/c1-9-4-5-11(7-13(9)15)14(18)8-12-6-10(2)16-17(12)3/h4-7H,8H2,1-3H3. The van der Waals surface area contributed by atoms with E-state index < -0.39 is 0 Å². The van der Waals surface area contributed by atoms with Gasteiger partial charge in [0.1, 0.15) is 5.82 Å². The molecule has 3 nitrogen and oxygen atoms in total. The molecule has 1 aromatic heterocycles. The summed E-state index contributed by atoms with van der Waals surface area (Å²) >= 11 is 0. The lowest BCUT2D eigenvalue weighted by molar-refractivity contribution is 0.0990. The molecule has 0 saturated heterocycles. The van der Waals surface area contributed by atoms with Gasteiger partial charge in [-0.15, -0.1) is 0 Å². The normalized spacial score (nSPS) is 10.7. The van der Waals surface area contributed by atoms with E-state index >= 15 is 0 Å². The van der Waals surface area contributed by atoms with Gasteiger partial charge in [0.2, 0.25) is 0 Å². The lowest BCUT2D eigenvalue weighted by Gasteiger charge is -2.03. The van der Waals surface area contributed by atoms with E-state index in [1.165, 1.54) is 6.07 Å². The highest BCUT2D eigenvalue weighted by atomic mass is 19.1. The first-order chi connectivity index (χ1) is 8.47. The van der Waals surface area contributed by atoms with Gasteiger partial charge in [-0.2, -0.15) is 5.10 Å². The van der Waals surface area contributed by atoms with Crippen LogP contribution in [-0.2, 0) is 13.5 Å². The Morgan fingerprint density at radius 1 is 1.33 bits per heavy atom. The molecule has 18 heavy (non-hydrogen) atoms. The zero-order valence-corrected chi connectivity index (χ0v) is 10.7. The third-order valence-corrected chi connectivity index (χ3v) is 2.93. The summed E-state index contributed by atoms with van der Waals surface area (Å²) in [4.78, 5) is 12.0. The molecule has 0 atom stereocenters. The zero-order valence-electron chi connectivity index (χ0n) is 10.7. The molecule has 0 spiro atoms. The number of hydrogen-bond acceptors (Lipinski definition) is 2. The zero-order chi connectivity index (χ0) is 13.3. The lowest BCUT2D eigenvalue weighted by Crippen LogP contribution is -2.08. The molecule has 0 unspecified atom stereocenters. The van der Waals surface area contributed by atoms with E-state index in [1.807, 2.05) is 13.0 Å². The van der Waals surface area contributed by atoms with Gasteiger partial charge in [-0.05, 0) is 31.5 Å². The fraction of sp³-hybridized carbons (Fsp3) is 0.286. The highest BCUT2D eigenvalue weighted by Crippen LogP contribution is 2.12. The Morgan fingerprint density at radius 2 is 2.06 bits per heavy atom. The SMILES string of the molecule is Cc1cc(CC(=O)c2ccc(C)c(F)c2)n(C)n1. The highest BCUT2D eigenvalue weighted by Gasteiger charge is 2.12. The summed E-state index contributed by atoms with van der Waals surface area (Å²) in [5.41, 5.74) is 2.65. The number of carbonyl (C=O) groups is 1. The summed E-state index contributed by atoms with van der Waals surface area (Å²) in [6.07, 6.45) is 0.236. The van der Waals surface area contributed by atoms with Crippen molar-refractivity contribution in [2.75, 3.05) is 0 Å². The summed E-state index contributed by atoms with van der Waals surface area (Å²) < 4.78 is 15.1. The molecule has 0 bridgehead atoms. The van der Waals surface area contributed by atoms with Gasteiger partial charge in [-0.25, -0.2) is 4.39 Å². The number of halogens is 1. The van der Waals surface area contributed by atoms with E-state index in [4.69, 9.17) is 0 Å². The van der Waals surface area contributed by atoms with Crippen molar-refractivity contribution in [3.05, 3.63) is 52.6 Å². The quantitative estimate of drug-likeness (QED) is 0.780. The Labute approximate surface area is 105 Å². The van der Waals surface area contributed by atoms with Crippen LogP contribution in [0.2, 0.25) is 0 Å². The Bertz CT molecular complexity index is 602. The molecular formula is C14H15FN2O. The van der Waals surface area contributed by atoms with Crippen LogP contribution in [0.5, 0.6) is 0 Å². The molecule has 4 heteroatoms. The average molecular weight is 246 g/mol. The Morgan fingerprint density at radius 3 is 2.61 bits per heavy atom. The minimum absolute atomic E-state index is 0.100. The van der Waals surface area contributed by atoms with Crippen LogP contribution in [0.4, 0.5) is 4.39 Å². The number of nitrogens with zero attached hydrogens (tertiary/aromatic N) is 2. The van der Waals surface area contributed by atoms with Crippen molar-refractivity contribution < 1.29 is 9.18 Å². The van der Waals surface area contributed by atoms with Crippen LogP contribution in [0.15, 0.2) is 24.3 Å². The van der Waals surface area contributed by atoms with Crippen LogP contribution in [-0.4, -0.2) is 15.6 Å². The van der Waals surface area contributed by atoms with Crippen LogP contribution >= 0.6 is 0 Å². The van der Waals surface area contributed by atoms with Crippen molar-refractivity contribution >= 4 is 5.78 Å². The van der Waals surface area contributed by atoms with E-state index in [1.54, 1.807) is 30.8 Å². The third kappa shape index (κ3) is 2.47. The van der Waals surface area contributed by atoms with E-state index in [0.29, 0.717) is 11.1 Å². The number of hydrogen-bond donors (Lipinski definition) is 0. The summed E-state index contributed by atoms with van der Waals surface area (Å²) in [5.74, 6) is -0.445. The van der Waals surface area contributed by atoms with Gasteiger partial charge in [-0.3, -0.25) is 9.48 Å². The van der Waals surface area contributed by atoms with Crippen LogP contribution in [0.1, 0.15) is 27.3 Å². The minimum atomic E-state index is -0.345. The van der Waals surface area contributed by atoms with Crippen molar-refractivity contribution in [2.24, 2.45) is 7.05 Å². The summed E-state index contributed by atoms with van der Waals surface area (Å²) in [6, 6.07) is 6.43. The molecule has 0 amide bonds. The summed E-state index contributed by atoms with van der Waals surface area (Å²) in [7, 11) is 1.80. The third-order valence-electron chi connectivity index (χ3n) is 2.93. The first kappa shape index (κ1) is 12.5. The molecule has 0 aliphatic heterocycles. The van der Waals surface area contributed by atoms with Crippen molar-refractivity contribution in [2.45, 2.75) is 20.3 Å². The van der Waals surface area contributed by atoms with Gasteiger partial charge in [0, 0.05) is 18.3 Å². The van der Waals surface area contributed by atoms with Gasteiger partial charge in [-0.1, -0.05) is 12.1 Å². The van der Waals surface area contributed by atoms with Crippen molar-refractivity contribution in [3.8, 4) is 0 Å². The second-order valence-corrected chi connectivity index (χ2v) is 4.46. The first-order valence-electron chi connectivity index (χ1n) is 5.76. The number of Topliss-reactive ketones (excluding diaryl/α,β-unsaturated/α-hetero) is 1. The predicted octanol–water partition coefficient (Wildman–Crippen LogP) is 2.60. The van der Waals surface area contributed by atoms with Crippen molar-refractivity contribution in [3.63, 3.8) is 0 Å². The molecule has 0 N–H and O–H groups in total. The van der Waals surface area contributed by atoms with Gasteiger partial charge in [0.05, 0.1) is 12.1 Å². The largest absolute Gasteiger partial charge is 0.294 e. The van der Waals surface area contributed by atoms with E-state index in [9.17, 15) is 9.18 Å². The molecule has 0 radical (unpaired) electrons. The maximum Gasteiger partial charge on any atom is 0.168 e. The predicted molar refractivity (Wildman–Crippen MR) is 67.1 cm³/mol. The van der Waals surface area contributed by atoms with Crippen LogP contribution < -0.4 is 0 Å². The summed E-state index contributed by atoms with van der Waals surface area (Å²) in [6.45, 7) is 3.55. The second-order valence-electron chi connectivity index (χ2n) is 4.46. The van der Waals surface area contributed by atoms with Gasteiger partial charge >= 0.3 is 0 Å². The average Bonchev–Trinajstić information content (AvgIpc) is 2.61. The first-order valence-corrected chi connectivity index (χ1v) is 5.76. The molecule has 2 rings (SSSR count). The molecule has 0 fully saturated rings. The van der Waals surface area contributed by atoms with Crippen molar-refractivity contribution in [1.29, 1.82) is 0 Å². The molecule has 0 aliphatic carbocycles. The Balaban J connectivity index is 2.22. The van der Waals surface area contributed by atoms with E-state index in [-0.39, 0.29) is 18.0 Å². The molecule has 2 aromatic rings. The number of rotatable bonds is 3. The molecule has 1 aromatic carbocycles. The number of carbonyl (C=O) groups excluding carboxylic acids is 1. The van der Waals surface area contributed by atoms with E-state index in [0.717, 1.165) is 11.4 Å². The topological polar surface area (TPSA) is 34.9 Å². The number of aryl methyl sites for hydroxylation is 3. The molecule has 0 saturated carbocycles. The smallest absolute Gasteiger partial charge is 0.168 e. The Kier molecular flexibility index (Phi) is 3.28. The number of aromatic nitrogens is 2. The maximum atomic E-state index is 13.4. The second kappa shape index (κ2) is 4.72. The fourth-order valence-electron chi connectivity index (χ4n) is 1.86. The van der Waals surface area contributed by atoms with Crippen LogP contribution in [0.3, 0.4) is 0 Å². The maximum absolute atomic E-state index is 13.4. The van der Waals surface area contributed by atoms with Crippen LogP contribution in [0.25, 0.3) is 0 Å². The Hall–Kier alpha value is -1.97. The minimum Gasteiger partial charge on any atom is -0.294 e.